The number of hydrogen-bond donors (Lipinski definition) is 2. The molecule has 0 aliphatic carbocycles. The molecule has 2 N–H and O–H groups in total. The lowest BCUT2D eigenvalue weighted by Crippen LogP contribution is -2.30. The van der Waals surface area contributed by atoms with E-state index in [1.807, 2.05) is 12.2 Å². The molecule has 0 heterocycles. The third kappa shape index (κ3) is 57.6. The van der Waals surface area contributed by atoms with Crippen LogP contribution in [0.25, 0.3) is 0 Å². The van der Waals surface area contributed by atoms with E-state index in [2.05, 4.69) is 81.5 Å². The zero-order chi connectivity index (χ0) is 56.9. The second-order valence-corrected chi connectivity index (χ2v) is 22.7. The highest BCUT2D eigenvalue weighted by molar-refractivity contribution is 7.47. The number of aliphatic hydroxyl groups is 1. The van der Waals surface area contributed by atoms with E-state index in [1.165, 1.54) is 154 Å². The number of hydrogen-bond acceptors (Lipinski definition) is 10. The third-order valence-corrected chi connectivity index (χ3v) is 14.6. The van der Waals surface area contributed by atoms with Crippen LogP contribution in [0, 0.1) is 0 Å². The lowest BCUT2D eigenvalue weighted by molar-refractivity contribution is -0.161. The monoisotopic (exact) mass is 1120 g/mol. The van der Waals surface area contributed by atoms with Crippen LogP contribution in [0.15, 0.2) is 72.9 Å². The Morgan fingerprint density at radius 2 is 0.692 bits per heavy atom. The van der Waals surface area contributed by atoms with Crippen molar-refractivity contribution in [1.29, 1.82) is 0 Å². The van der Waals surface area contributed by atoms with Crippen molar-refractivity contribution in [3.63, 3.8) is 0 Å². The van der Waals surface area contributed by atoms with E-state index in [1.54, 1.807) is 0 Å². The van der Waals surface area contributed by atoms with Crippen molar-refractivity contribution in [3.8, 4) is 0 Å². The zero-order valence-corrected chi connectivity index (χ0v) is 51.0. The van der Waals surface area contributed by atoms with Crippen molar-refractivity contribution in [2.24, 2.45) is 0 Å². The molecule has 3 atom stereocenters. The van der Waals surface area contributed by atoms with E-state index in [-0.39, 0.29) is 25.9 Å². The molecular formula is C66H117O11P. The van der Waals surface area contributed by atoms with E-state index in [0.29, 0.717) is 19.3 Å². The maximum absolute atomic E-state index is 12.9. The van der Waals surface area contributed by atoms with Crippen LogP contribution in [-0.4, -0.2) is 66.5 Å². The number of phosphoric ester groups is 1. The van der Waals surface area contributed by atoms with Crippen LogP contribution in [0.1, 0.15) is 290 Å². The van der Waals surface area contributed by atoms with Crippen molar-refractivity contribution in [3.05, 3.63) is 72.9 Å². The van der Waals surface area contributed by atoms with Gasteiger partial charge in [0.1, 0.15) is 12.7 Å². The van der Waals surface area contributed by atoms with E-state index < -0.39 is 57.8 Å². The van der Waals surface area contributed by atoms with Crippen LogP contribution >= 0.6 is 7.82 Å². The van der Waals surface area contributed by atoms with Crippen molar-refractivity contribution in [2.45, 2.75) is 303 Å². The Balaban J connectivity index is 4.67. The van der Waals surface area contributed by atoms with Crippen molar-refractivity contribution in [2.75, 3.05) is 26.4 Å². The van der Waals surface area contributed by atoms with Gasteiger partial charge in [0.05, 0.1) is 19.8 Å². The van der Waals surface area contributed by atoms with Gasteiger partial charge in [-0.05, 0) is 77.0 Å². The summed E-state index contributed by atoms with van der Waals surface area (Å²) < 4.78 is 39.6. The molecule has 0 saturated carbocycles. The van der Waals surface area contributed by atoms with E-state index in [0.717, 1.165) is 77.0 Å². The van der Waals surface area contributed by atoms with Crippen molar-refractivity contribution >= 4 is 25.7 Å². The molecule has 0 saturated heterocycles. The molecule has 0 aliphatic rings. The van der Waals surface area contributed by atoms with Gasteiger partial charge in [0.15, 0.2) is 6.10 Å². The van der Waals surface area contributed by atoms with Crippen LogP contribution in [0.2, 0.25) is 0 Å². The predicted molar refractivity (Wildman–Crippen MR) is 325 cm³/mol. The maximum atomic E-state index is 12.9. The minimum atomic E-state index is -4.77. The van der Waals surface area contributed by atoms with Gasteiger partial charge >= 0.3 is 25.7 Å². The third-order valence-electron chi connectivity index (χ3n) is 13.6. The Hall–Kier alpha value is -3.08. The molecule has 0 aromatic carbocycles. The largest absolute Gasteiger partial charge is 0.472 e. The first kappa shape index (κ1) is 74.9. The van der Waals surface area contributed by atoms with E-state index in [9.17, 15) is 28.9 Å². The molecule has 0 fully saturated rings. The van der Waals surface area contributed by atoms with Crippen LogP contribution in [0.5, 0.6) is 0 Å². The average molecular weight is 1120 g/mol. The van der Waals surface area contributed by atoms with Crippen LogP contribution < -0.4 is 0 Å². The summed E-state index contributed by atoms with van der Waals surface area (Å²) in [5, 5.41) is 9.85. The van der Waals surface area contributed by atoms with Gasteiger partial charge in [-0.15, -0.1) is 0 Å². The number of carbonyl (C=O) groups excluding carboxylic acids is 3. The molecule has 3 unspecified atom stereocenters. The summed E-state index contributed by atoms with van der Waals surface area (Å²) in [6.45, 7) is 4.47. The fraction of sp³-hybridized carbons (Fsp3) is 0.773. The van der Waals surface area contributed by atoms with E-state index >= 15 is 0 Å². The fourth-order valence-electron chi connectivity index (χ4n) is 8.81. The molecule has 12 heteroatoms. The van der Waals surface area contributed by atoms with Gasteiger partial charge in [-0.3, -0.25) is 23.4 Å². The van der Waals surface area contributed by atoms with Crippen molar-refractivity contribution in [1.82, 2.24) is 0 Å². The summed E-state index contributed by atoms with van der Waals surface area (Å²) in [7, 11) is -4.77. The number of esters is 3. The topological polar surface area (TPSA) is 155 Å². The lowest BCUT2D eigenvalue weighted by Gasteiger charge is -2.21. The number of ether oxygens (including phenoxy) is 3. The molecule has 0 spiro atoms. The molecule has 0 amide bonds. The first-order valence-corrected chi connectivity index (χ1v) is 33.3. The highest BCUT2D eigenvalue weighted by Gasteiger charge is 2.28. The summed E-state index contributed by atoms with van der Waals surface area (Å²) in [5.74, 6) is -1.55. The van der Waals surface area contributed by atoms with Crippen LogP contribution in [0.4, 0.5) is 0 Å². The van der Waals surface area contributed by atoms with Gasteiger partial charge in [0.25, 0.3) is 0 Å². The summed E-state index contributed by atoms with van der Waals surface area (Å²) in [5.41, 5.74) is 0. The summed E-state index contributed by atoms with van der Waals surface area (Å²) in [6, 6.07) is 0. The minimum absolute atomic E-state index is 0.104. The Labute approximate surface area is 478 Å². The normalized spacial score (nSPS) is 13.8. The zero-order valence-electron chi connectivity index (χ0n) is 50.1. The molecule has 0 bridgehead atoms. The van der Waals surface area contributed by atoms with Crippen LogP contribution in [-0.2, 0) is 42.2 Å². The number of unbranched alkanes of at least 4 members (excludes halogenated alkanes) is 30. The Kier molecular flexibility index (Phi) is 57.7. The Morgan fingerprint density at radius 1 is 0.372 bits per heavy atom. The Bertz CT molecular complexity index is 1590. The van der Waals surface area contributed by atoms with Gasteiger partial charge in [-0.25, -0.2) is 4.57 Å². The van der Waals surface area contributed by atoms with Gasteiger partial charge < -0.3 is 24.2 Å². The smallest absolute Gasteiger partial charge is 0.462 e. The van der Waals surface area contributed by atoms with Gasteiger partial charge in [0.2, 0.25) is 0 Å². The first-order chi connectivity index (χ1) is 38.2. The number of aliphatic hydroxyl groups excluding tert-OH is 1. The molecular weight excluding hydrogens is 1000 g/mol. The molecule has 11 nitrogen and oxygen atoms in total. The first-order valence-electron chi connectivity index (χ1n) is 31.8. The molecule has 0 aliphatic heterocycles. The number of carbonyl (C=O) groups is 3. The number of phosphoric acid groups is 1. The number of allylic oxidation sites excluding steroid dienone is 12. The molecule has 78 heavy (non-hydrogen) atoms. The second kappa shape index (κ2) is 60.0. The summed E-state index contributed by atoms with van der Waals surface area (Å²) >= 11 is 0. The number of rotatable bonds is 59. The fourth-order valence-corrected chi connectivity index (χ4v) is 9.60. The summed E-state index contributed by atoms with van der Waals surface area (Å²) in [6.07, 6.45) is 68.8. The molecule has 0 aromatic heterocycles. The Morgan fingerprint density at radius 3 is 1.10 bits per heavy atom. The minimum Gasteiger partial charge on any atom is -0.462 e. The van der Waals surface area contributed by atoms with Gasteiger partial charge in [-0.1, -0.05) is 267 Å². The molecule has 0 aromatic rings. The highest BCUT2D eigenvalue weighted by Crippen LogP contribution is 2.43. The standard InChI is InChI=1S/C66H117O11P/c1-4-7-10-13-16-19-22-25-27-29-31-33-35-38-41-44-47-50-53-56-65(69)76-62(58-67)60-74-78(71,72)75-61-63(59-73-64(68)55-52-49-46-43-40-37-24-21-18-15-12-9-6-3)77-66(70)57-54-51-48-45-42-39-36-34-32-30-28-26-23-20-17-14-11-8-5-2/h9,12,17-18,20-21,26,28,37,40,46,49,62-63,67H,4-8,10-11,13-16,19,22-25,27,29-36,38-39,41-45,47-48,50-61H2,1-3H3,(H,71,72)/b12-9-,20-17-,21-18-,28-26-,40-37-,49-46-. The maximum Gasteiger partial charge on any atom is 0.472 e. The van der Waals surface area contributed by atoms with E-state index in [4.69, 9.17) is 23.3 Å². The SMILES string of the molecule is CC/C=C\C/C=C\C/C=C\C/C=C\CCC(=O)OCC(COP(=O)(O)OCC(CO)OC(=O)CCCCCCCCCCCCCCCCCCCCC)OC(=O)CCCCCCCCCCC/C=C\C/C=C\CCCCC. The lowest BCUT2D eigenvalue weighted by atomic mass is 10.0. The van der Waals surface area contributed by atoms with Gasteiger partial charge in [0, 0.05) is 19.3 Å². The molecule has 0 rings (SSSR count). The quantitative estimate of drug-likeness (QED) is 0.0197. The molecule has 0 radical (unpaired) electrons. The second-order valence-electron chi connectivity index (χ2n) is 21.2. The van der Waals surface area contributed by atoms with Crippen molar-refractivity contribution < 1.29 is 52.2 Å². The van der Waals surface area contributed by atoms with Crippen LogP contribution in [0.3, 0.4) is 0 Å². The highest BCUT2D eigenvalue weighted by atomic mass is 31.2. The summed E-state index contributed by atoms with van der Waals surface area (Å²) in [4.78, 5) is 48.6. The molecule has 452 valence electrons. The predicted octanol–water partition coefficient (Wildman–Crippen LogP) is 19.3. The average Bonchev–Trinajstić information content (AvgIpc) is 3.43. The van der Waals surface area contributed by atoms with Gasteiger partial charge in [-0.2, -0.15) is 0 Å².